The Morgan fingerprint density at radius 3 is 2.68 bits per heavy atom. The molecule has 0 aliphatic heterocycles. The maximum Gasteiger partial charge on any atom is 0.118 e. The van der Waals surface area contributed by atoms with E-state index in [1.54, 1.807) is 18.3 Å². The largest absolute Gasteiger partial charge is 0.508 e. The summed E-state index contributed by atoms with van der Waals surface area (Å²) in [5, 5.41) is 17.5. The van der Waals surface area contributed by atoms with E-state index in [0.717, 1.165) is 36.1 Å². The van der Waals surface area contributed by atoms with Crippen LogP contribution in [0.1, 0.15) is 33.1 Å². The number of fused-ring (bicyclic) bond motifs is 1. The first-order valence-electron chi connectivity index (χ1n) is 7.72. The molecule has 0 spiro atoms. The standard InChI is InChI=1S/C17H25N3O.ClH/c1-13(2)18-8-4-3-5-9-19-16-12-15(21)11-14-7-6-10-20-17(14)16;/h6-7,10-13,18-19,21H,3-5,8-9H2,1-2H3;1H. The highest BCUT2D eigenvalue weighted by Gasteiger charge is 2.04. The number of aromatic nitrogens is 1. The van der Waals surface area contributed by atoms with Crippen LogP contribution in [0.2, 0.25) is 0 Å². The van der Waals surface area contributed by atoms with Gasteiger partial charge < -0.3 is 15.7 Å². The predicted octanol–water partition coefficient (Wildman–Crippen LogP) is 3.94. The molecule has 4 nitrogen and oxygen atoms in total. The fraction of sp³-hybridized carbons (Fsp3) is 0.471. The average Bonchev–Trinajstić information content (AvgIpc) is 2.45. The molecule has 2 rings (SSSR count). The number of aromatic hydroxyl groups is 1. The van der Waals surface area contributed by atoms with E-state index in [9.17, 15) is 5.11 Å². The number of halogens is 1. The summed E-state index contributed by atoms with van der Waals surface area (Å²) >= 11 is 0. The summed E-state index contributed by atoms with van der Waals surface area (Å²) in [6.07, 6.45) is 5.28. The maximum atomic E-state index is 9.76. The van der Waals surface area contributed by atoms with Gasteiger partial charge in [-0.15, -0.1) is 12.4 Å². The number of nitrogens with zero attached hydrogens (tertiary/aromatic N) is 1. The molecule has 0 fully saturated rings. The van der Waals surface area contributed by atoms with E-state index in [1.165, 1.54) is 12.8 Å². The van der Waals surface area contributed by atoms with Crippen LogP contribution in [-0.2, 0) is 0 Å². The van der Waals surface area contributed by atoms with Gasteiger partial charge in [-0.25, -0.2) is 0 Å². The summed E-state index contributed by atoms with van der Waals surface area (Å²) in [7, 11) is 0. The second kappa shape index (κ2) is 9.49. The summed E-state index contributed by atoms with van der Waals surface area (Å²) in [6, 6.07) is 7.90. The lowest BCUT2D eigenvalue weighted by molar-refractivity contribution is 0.476. The lowest BCUT2D eigenvalue weighted by Crippen LogP contribution is -2.23. The first kappa shape index (κ1) is 18.5. The first-order chi connectivity index (χ1) is 10.2. The van der Waals surface area contributed by atoms with Gasteiger partial charge in [-0.05, 0) is 31.5 Å². The summed E-state index contributed by atoms with van der Waals surface area (Å²) in [5.41, 5.74) is 1.82. The lowest BCUT2D eigenvalue weighted by Gasteiger charge is -2.10. The Morgan fingerprint density at radius 1 is 1.14 bits per heavy atom. The van der Waals surface area contributed by atoms with Crippen molar-refractivity contribution in [3.05, 3.63) is 30.5 Å². The fourth-order valence-corrected chi connectivity index (χ4v) is 2.35. The Kier molecular flexibility index (Phi) is 7.99. The minimum atomic E-state index is 0. The molecular formula is C17H26ClN3O. The third kappa shape index (κ3) is 5.70. The molecule has 5 heteroatoms. The Morgan fingerprint density at radius 2 is 1.91 bits per heavy atom. The number of phenols is 1. The van der Waals surface area contributed by atoms with Crippen LogP contribution in [0.4, 0.5) is 5.69 Å². The van der Waals surface area contributed by atoms with Crippen molar-refractivity contribution in [3.63, 3.8) is 0 Å². The topological polar surface area (TPSA) is 57.2 Å². The van der Waals surface area contributed by atoms with Crippen LogP contribution in [0.15, 0.2) is 30.5 Å². The average molecular weight is 324 g/mol. The molecule has 0 bridgehead atoms. The minimum Gasteiger partial charge on any atom is -0.508 e. The number of benzene rings is 1. The van der Waals surface area contributed by atoms with E-state index in [4.69, 9.17) is 0 Å². The van der Waals surface area contributed by atoms with Crippen LogP contribution < -0.4 is 10.6 Å². The van der Waals surface area contributed by atoms with Crippen LogP contribution >= 0.6 is 12.4 Å². The smallest absolute Gasteiger partial charge is 0.118 e. The van der Waals surface area contributed by atoms with E-state index in [2.05, 4.69) is 29.5 Å². The van der Waals surface area contributed by atoms with Gasteiger partial charge in [0.1, 0.15) is 5.75 Å². The number of pyridine rings is 1. The Hall–Kier alpha value is -1.52. The van der Waals surface area contributed by atoms with Gasteiger partial charge in [0.15, 0.2) is 0 Å². The third-order valence-electron chi connectivity index (χ3n) is 3.41. The zero-order valence-corrected chi connectivity index (χ0v) is 14.1. The monoisotopic (exact) mass is 323 g/mol. The SMILES string of the molecule is CC(C)NCCCCCNc1cc(O)cc2cccnc12.Cl. The molecule has 0 aliphatic rings. The second-order valence-corrected chi connectivity index (χ2v) is 5.66. The van der Waals surface area contributed by atoms with Crippen molar-refractivity contribution in [1.29, 1.82) is 0 Å². The van der Waals surface area contributed by atoms with E-state index in [1.807, 2.05) is 12.1 Å². The van der Waals surface area contributed by atoms with Gasteiger partial charge in [0, 0.05) is 30.2 Å². The molecule has 0 atom stereocenters. The first-order valence-corrected chi connectivity index (χ1v) is 7.72. The molecule has 0 saturated heterocycles. The summed E-state index contributed by atoms with van der Waals surface area (Å²) in [6.45, 7) is 6.31. The minimum absolute atomic E-state index is 0. The highest BCUT2D eigenvalue weighted by atomic mass is 35.5. The van der Waals surface area contributed by atoms with Crippen LogP contribution in [0.5, 0.6) is 5.75 Å². The maximum absolute atomic E-state index is 9.76. The summed E-state index contributed by atoms with van der Waals surface area (Å²) < 4.78 is 0. The van der Waals surface area contributed by atoms with Crippen molar-refractivity contribution in [1.82, 2.24) is 10.3 Å². The number of hydrogen-bond donors (Lipinski definition) is 3. The van der Waals surface area contributed by atoms with Crippen LogP contribution in [-0.4, -0.2) is 29.2 Å². The van der Waals surface area contributed by atoms with E-state index in [0.29, 0.717) is 6.04 Å². The quantitative estimate of drug-likeness (QED) is 0.644. The van der Waals surface area contributed by atoms with Crippen molar-refractivity contribution in [2.24, 2.45) is 0 Å². The second-order valence-electron chi connectivity index (χ2n) is 5.66. The van der Waals surface area contributed by atoms with E-state index in [-0.39, 0.29) is 18.2 Å². The molecule has 0 unspecified atom stereocenters. The van der Waals surface area contributed by atoms with Crippen molar-refractivity contribution in [3.8, 4) is 5.75 Å². The van der Waals surface area contributed by atoms with Gasteiger partial charge in [0.2, 0.25) is 0 Å². The number of anilines is 1. The predicted molar refractivity (Wildman–Crippen MR) is 96.1 cm³/mol. The van der Waals surface area contributed by atoms with E-state index >= 15 is 0 Å². The molecule has 2 aromatic rings. The number of rotatable bonds is 8. The molecule has 3 N–H and O–H groups in total. The molecule has 0 aliphatic carbocycles. The Labute approximate surface area is 138 Å². The van der Waals surface area contributed by atoms with Crippen molar-refractivity contribution < 1.29 is 5.11 Å². The van der Waals surface area contributed by atoms with E-state index < -0.39 is 0 Å². The molecule has 0 saturated carbocycles. The summed E-state index contributed by atoms with van der Waals surface area (Å²) in [4.78, 5) is 4.39. The van der Waals surface area contributed by atoms with Crippen molar-refractivity contribution >= 4 is 29.0 Å². The third-order valence-corrected chi connectivity index (χ3v) is 3.41. The van der Waals surface area contributed by atoms with Crippen molar-refractivity contribution in [2.75, 3.05) is 18.4 Å². The van der Waals surface area contributed by atoms with Crippen LogP contribution in [0.3, 0.4) is 0 Å². The number of phenolic OH excluding ortho intramolecular Hbond substituents is 1. The van der Waals surface area contributed by atoms with Gasteiger partial charge in [-0.2, -0.15) is 0 Å². The van der Waals surface area contributed by atoms with Crippen molar-refractivity contribution in [2.45, 2.75) is 39.2 Å². The number of hydrogen-bond acceptors (Lipinski definition) is 4. The van der Waals surface area contributed by atoms with Gasteiger partial charge in [-0.3, -0.25) is 4.98 Å². The summed E-state index contributed by atoms with van der Waals surface area (Å²) in [5.74, 6) is 0.277. The highest BCUT2D eigenvalue weighted by Crippen LogP contribution is 2.26. The molecule has 0 amide bonds. The number of unbranched alkanes of at least 4 members (excludes halogenated alkanes) is 2. The fourth-order valence-electron chi connectivity index (χ4n) is 2.35. The normalized spacial score (nSPS) is 10.7. The molecule has 122 valence electrons. The molecule has 1 heterocycles. The van der Waals surface area contributed by atoms with Gasteiger partial charge in [0.25, 0.3) is 0 Å². The molecule has 1 aromatic heterocycles. The molecule has 0 radical (unpaired) electrons. The highest BCUT2D eigenvalue weighted by molar-refractivity contribution is 5.91. The molecule has 1 aromatic carbocycles. The van der Waals surface area contributed by atoms with Crippen LogP contribution in [0, 0.1) is 0 Å². The Balaban J connectivity index is 0.00000242. The zero-order valence-electron chi connectivity index (χ0n) is 13.3. The van der Waals surface area contributed by atoms with Crippen LogP contribution in [0.25, 0.3) is 10.9 Å². The number of nitrogens with one attached hydrogen (secondary N) is 2. The van der Waals surface area contributed by atoms with Gasteiger partial charge in [-0.1, -0.05) is 26.3 Å². The zero-order chi connectivity index (χ0) is 15.1. The molecule has 22 heavy (non-hydrogen) atoms. The van der Waals surface area contributed by atoms with Gasteiger partial charge >= 0.3 is 0 Å². The molecular weight excluding hydrogens is 298 g/mol. The lowest BCUT2D eigenvalue weighted by atomic mass is 10.1. The Bertz CT molecular complexity index is 575. The van der Waals surface area contributed by atoms with Gasteiger partial charge in [0.05, 0.1) is 11.2 Å².